The molecule has 3 rings (SSSR count). The molecule has 1 N–H and O–H groups in total. The summed E-state index contributed by atoms with van der Waals surface area (Å²) >= 11 is 5.98. The van der Waals surface area contributed by atoms with Gasteiger partial charge in [-0.15, -0.1) is 0 Å². The number of phenols is 1. The zero-order valence-corrected chi connectivity index (χ0v) is 14.9. The van der Waals surface area contributed by atoms with Gasteiger partial charge in [-0.3, -0.25) is 9.69 Å². The number of halogens is 1. The van der Waals surface area contributed by atoms with E-state index in [0.29, 0.717) is 11.6 Å². The molecule has 1 aliphatic heterocycles. The Bertz CT molecular complexity index is 715. The highest BCUT2D eigenvalue weighted by molar-refractivity contribution is 6.30. The smallest absolute Gasteiger partial charge is 0.310 e. The van der Waals surface area contributed by atoms with E-state index in [1.54, 1.807) is 12.1 Å². The number of likely N-dealkylation sites (tertiary alicyclic amines) is 1. The molecule has 1 fully saturated rings. The van der Waals surface area contributed by atoms with Gasteiger partial charge < -0.3 is 9.84 Å². The summed E-state index contributed by atoms with van der Waals surface area (Å²) in [6.07, 6.45) is 0.888. The van der Waals surface area contributed by atoms with Crippen LogP contribution in [0.4, 0.5) is 0 Å². The Balaban J connectivity index is 1.74. The first kappa shape index (κ1) is 17.8. The van der Waals surface area contributed by atoms with Gasteiger partial charge >= 0.3 is 5.97 Å². The SMILES string of the molecule is COC(=O)[C@H]1CN(Cc2ccc(O)cc2)CC[C@@H]1c1ccc(Cl)cc1. The molecule has 132 valence electrons. The number of aromatic hydroxyl groups is 1. The van der Waals surface area contributed by atoms with Gasteiger partial charge in [0.15, 0.2) is 0 Å². The second-order valence-corrected chi connectivity index (χ2v) is 6.91. The molecule has 0 spiro atoms. The van der Waals surface area contributed by atoms with Gasteiger partial charge in [0, 0.05) is 18.1 Å². The number of hydrogen-bond donors (Lipinski definition) is 1. The van der Waals surface area contributed by atoms with E-state index >= 15 is 0 Å². The van der Waals surface area contributed by atoms with Crippen LogP contribution >= 0.6 is 11.6 Å². The minimum Gasteiger partial charge on any atom is -0.508 e. The summed E-state index contributed by atoms with van der Waals surface area (Å²) in [7, 11) is 1.44. The molecule has 0 amide bonds. The maximum absolute atomic E-state index is 12.4. The molecule has 0 aromatic heterocycles. The van der Waals surface area contributed by atoms with Crippen molar-refractivity contribution in [3.05, 3.63) is 64.7 Å². The minimum absolute atomic E-state index is 0.140. The number of esters is 1. The van der Waals surface area contributed by atoms with Crippen LogP contribution in [0.2, 0.25) is 5.02 Å². The molecule has 0 radical (unpaired) electrons. The number of benzene rings is 2. The summed E-state index contributed by atoms with van der Waals surface area (Å²) in [6.45, 7) is 2.31. The molecule has 1 heterocycles. The lowest BCUT2D eigenvalue weighted by molar-refractivity contribution is -0.148. The van der Waals surface area contributed by atoms with E-state index in [4.69, 9.17) is 16.3 Å². The number of ether oxygens (including phenoxy) is 1. The van der Waals surface area contributed by atoms with Crippen LogP contribution in [0.1, 0.15) is 23.5 Å². The van der Waals surface area contributed by atoms with E-state index in [0.717, 1.165) is 30.6 Å². The van der Waals surface area contributed by atoms with E-state index in [1.807, 2.05) is 36.4 Å². The molecule has 25 heavy (non-hydrogen) atoms. The van der Waals surface area contributed by atoms with Crippen molar-refractivity contribution in [1.82, 2.24) is 4.90 Å². The Morgan fingerprint density at radius 2 is 1.88 bits per heavy atom. The predicted molar refractivity (Wildman–Crippen MR) is 97.7 cm³/mol. The molecule has 0 bridgehead atoms. The van der Waals surface area contributed by atoms with Crippen LogP contribution in [0, 0.1) is 5.92 Å². The molecule has 4 nitrogen and oxygen atoms in total. The van der Waals surface area contributed by atoms with Gasteiger partial charge in [-0.2, -0.15) is 0 Å². The minimum atomic E-state index is -0.197. The highest BCUT2D eigenvalue weighted by Gasteiger charge is 2.35. The standard InChI is InChI=1S/C20H22ClNO3/c1-25-20(24)19-13-22(12-14-2-8-17(23)9-3-14)11-10-18(19)15-4-6-16(21)7-5-15/h2-9,18-19,23H,10-13H2,1H3/t18-,19+/m1/s1. The molecule has 5 heteroatoms. The monoisotopic (exact) mass is 359 g/mol. The summed E-state index contributed by atoms with van der Waals surface area (Å²) in [4.78, 5) is 14.6. The quantitative estimate of drug-likeness (QED) is 0.843. The largest absolute Gasteiger partial charge is 0.508 e. The lowest BCUT2D eigenvalue weighted by atomic mass is 9.80. The number of rotatable bonds is 4. The topological polar surface area (TPSA) is 49.8 Å². The maximum Gasteiger partial charge on any atom is 0.310 e. The number of methoxy groups -OCH3 is 1. The Kier molecular flexibility index (Phi) is 5.61. The van der Waals surface area contributed by atoms with Gasteiger partial charge in [0.1, 0.15) is 5.75 Å². The zero-order chi connectivity index (χ0) is 17.8. The van der Waals surface area contributed by atoms with Crippen molar-refractivity contribution in [3.63, 3.8) is 0 Å². The van der Waals surface area contributed by atoms with Crippen LogP contribution in [0.3, 0.4) is 0 Å². The van der Waals surface area contributed by atoms with Gasteiger partial charge in [-0.25, -0.2) is 0 Å². The van der Waals surface area contributed by atoms with E-state index in [-0.39, 0.29) is 23.6 Å². The highest BCUT2D eigenvalue weighted by Crippen LogP contribution is 2.35. The second-order valence-electron chi connectivity index (χ2n) is 6.48. The molecular formula is C20H22ClNO3. The fourth-order valence-corrected chi connectivity index (χ4v) is 3.65. The van der Waals surface area contributed by atoms with Gasteiger partial charge in [-0.1, -0.05) is 35.9 Å². The Labute approximate surface area is 153 Å². The predicted octanol–water partition coefficient (Wildman–Crippen LogP) is 3.82. The van der Waals surface area contributed by atoms with Crippen molar-refractivity contribution < 1.29 is 14.6 Å². The number of carbonyl (C=O) groups excluding carboxylic acids is 1. The summed E-state index contributed by atoms with van der Waals surface area (Å²) in [5.74, 6) is 0.0332. The first-order valence-corrected chi connectivity index (χ1v) is 8.78. The third kappa shape index (κ3) is 4.33. The normalized spacial score (nSPS) is 21.0. The summed E-state index contributed by atoms with van der Waals surface area (Å²) in [5.41, 5.74) is 2.25. The first-order valence-electron chi connectivity index (χ1n) is 8.40. The highest BCUT2D eigenvalue weighted by atomic mass is 35.5. The van der Waals surface area contributed by atoms with Gasteiger partial charge in [0.25, 0.3) is 0 Å². The average Bonchev–Trinajstić information content (AvgIpc) is 2.64. The van der Waals surface area contributed by atoms with Gasteiger partial charge in [-0.05, 0) is 54.3 Å². The molecule has 2 atom stereocenters. The maximum atomic E-state index is 12.4. The van der Waals surface area contributed by atoms with Crippen LogP contribution in [-0.2, 0) is 16.1 Å². The molecule has 0 unspecified atom stereocenters. The first-order chi connectivity index (χ1) is 12.1. The molecule has 1 aliphatic rings. The fraction of sp³-hybridized carbons (Fsp3) is 0.350. The van der Waals surface area contributed by atoms with E-state index in [1.165, 1.54) is 7.11 Å². The van der Waals surface area contributed by atoms with Crippen molar-refractivity contribution in [2.75, 3.05) is 20.2 Å². The van der Waals surface area contributed by atoms with Crippen LogP contribution in [-0.4, -0.2) is 36.2 Å². The summed E-state index contributed by atoms with van der Waals surface area (Å²) < 4.78 is 5.05. The molecule has 2 aromatic rings. The third-order valence-corrected chi connectivity index (χ3v) is 5.09. The van der Waals surface area contributed by atoms with Crippen LogP contribution in [0.25, 0.3) is 0 Å². The van der Waals surface area contributed by atoms with Crippen LogP contribution < -0.4 is 0 Å². The Morgan fingerprint density at radius 1 is 1.20 bits per heavy atom. The zero-order valence-electron chi connectivity index (χ0n) is 14.2. The summed E-state index contributed by atoms with van der Waals surface area (Å²) in [5, 5.41) is 10.1. The van der Waals surface area contributed by atoms with E-state index in [2.05, 4.69) is 4.90 Å². The Morgan fingerprint density at radius 3 is 2.52 bits per heavy atom. The van der Waals surface area contributed by atoms with Gasteiger partial charge in [0.05, 0.1) is 13.0 Å². The average molecular weight is 360 g/mol. The molecule has 2 aromatic carbocycles. The van der Waals surface area contributed by atoms with Crippen molar-refractivity contribution in [2.24, 2.45) is 5.92 Å². The van der Waals surface area contributed by atoms with E-state index < -0.39 is 0 Å². The number of carbonyl (C=O) groups is 1. The summed E-state index contributed by atoms with van der Waals surface area (Å²) in [6, 6.07) is 14.9. The van der Waals surface area contributed by atoms with Crippen molar-refractivity contribution >= 4 is 17.6 Å². The van der Waals surface area contributed by atoms with Crippen molar-refractivity contribution in [2.45, 2.75) is 18.9 Å². The van der Waals surface area contributed by atoms with Crippen LogP contribution in [0.15, 0.2) is 48.5 Å². The lowest BCUT2D eigenvalue weighted by Crippen LogP contribution is -2.42. The number of nitrogens with zero attached hydrogens (tertiary/aromatic N) is 1. The van der Waals surface area contributed by atoms with Crippen LogP contribution in [0.5, 0.6) is 5.75 Å². The molecule has 0 aliphatic carbocycles. The van der Waals surface area contributed by atoms with Crippen molar-refractivity contribution in [1.29, 1.82) is 0 Å². The molecule has 1 saturated heterocycles. The van der Waals surface area contributed by atoms with E-state index in [9.17, 15) is 9.90 Å². The molecular weight excluding hydrogens is 338 g/mol. The molecule has 0 saturated carbocycles. The van der Waals surface area contributed by atoms with Gasteiger partial charge in [0.2, 0.25) is 0 Å². The second kappa shape index (κ2) is 7.89. The number of phenolic OH excluding ortho intramolecular Hbond substituents is 1. The number of hydrogen-bond acceptors (Lipinski definition) is 4. The third-order valence-electron chi connectivity index (χ3n) is 4.84. The Hall–Kier alpha value is -2.04. The number of piperidine rings is 1. The lowest BCUT2D eigenvalue weighted by Gasteiger charge is -2.37. The van der Waals surface area contributed by atoms with Crippen molar-refractivity contribution in [3.8, 4) is 5.75 Å². The fourth-order valence-electron chi connectivity index (χ4n) is 3.52.